The van der Waals surface area contributed by atoms with Gasteiger partial charge in [-0.25, -0.2) is 4.68 Å². The number of anilines is 1. The molecule has 0 aliphatic heterocycles. The maximum Gasteiger partial charge on any atom is 0.283 e. The first-order valence-corrected chi connectivity index (χ1v) is 11.5. The second kappa shape index (κ2) is 8.25. The predicted molar refractivity (Wildman–Crippen MR) is 120 cm³/mol. The lowest BCUT2D eigenvalue weighted by Gasteiger charge is -2.62. The molecule has 5 rings (SSSR count). The number of Topliss-reactive ketones (excluding diaryl/α,β-unsaturated/α-hetero) is 1. The Morgan fingerprint density at radius 1 is 1.33 bits per heavy atom. The lowest BCUT2D eigenvalue weighted by atomic mass is 9.45. The summed E-state index contributed by atoms with van der Waals surface area (Å²) in [6, 6.07) is 5.99. The van der Waals surface area contributed by atoms with Crippen LogP contribution in [0, 0.1) is 23.2 Å². The van der Waals surface area contributed by atoms with Crippen LogP contribution in [0.2, 0.25) is 0 Å². The number of aromatic nitrogens is 3. The quantitative estimate of drug-likeness (QED) is 0.656. The Bertz CT molecular complexity index is 988. The summed E-state index contributed by atoms with van der Waals surface area (Å²) in [5, 5.41) is 7.81. The minimum Gasteiger partial charge on any atom is -0.380 e. The highest BCUT2D eigenvalue weighted by atomic mass is 79.9. The van der Waals surface area contributed by atoms with Crippen molar-refractivity contribution in [1.82, 2.24) is 14.8 Å². The molecule has 30 heavy (non-hydrogen) atoms. The molecule has 0 spiro atoms. The molecule has 160 valence electrons. The Morgan fingerprint density at radius 3 is 2.80 bits per heavy atom. The molecule has 0 unspecified atom stereocenters. The van der Waals surface area contributed by atoms with Gasteiger partial charge in [-0.1, -0.05) is 26.8 Å². The van der Waals surface area contributed by atoms with Gasteiger partial charge in [0.15, 0.2) is 5.78 Å². The van der Waals surface area contributed by atoms with Crippen molar-refractivity contribution in [3.8, 4) is 0 Å². The zero-order valence-corrected chi connectivity index (χ0v) is 19.4. The second-order valence-electron chi connectivity index (χ2n) is 9.40. The molecule has 3 saturated carbocycles. The number of carbonyl (C=O) groups is 1. The molecular formula is C23H29BrN4O2. The van der Waals surface area contributed by atoms with E-state index in [1.807, 2.05) is 18.2 Å². The second-order valence-corrected chi connectivity index (χ2v) is 10.2. The lowest BCUT2D eigenvalue weighted by molar-refractivity contribution is -0.119. The number of rotatable bonds is 7. The van der Waals surface area contributed by atoms with Gasteiger partial charge in [-0.05, 0) is 70.5 Å². The van der Waals surface area contributed by atoms with Crippen molar-refractivity contribution in [2.24, 2.45) is 23.2 Å². The summed E-state index contributed by atoms with van der Waals surface area (Å²) in [4.78, 5) is 29.3. The Kier molecular flexibility index (Phi) is 5.84. The van der Waals surface area contributed by atoms with Crippen LogP contribution in [0.25, 0.3) is 0 Å². The molecule has 2 heterocycles. The molecular weight excluding hydrogens is 444 g/mol. The number of carbonyl (C=O) groups excluding carboxylic acids is 1. The largest absolute Gasteiger partial charge is 0.380 e. The molecule has 0 aromatic carbocycles. The van der Waals surface area contributed by atoms with Crippen molar-refractivity contribution in [2.75, 3.05) is 5.32 Å². The fourth-order valence-corrected chi connectivity index (χ4v) is 5.70. The van der Waals surface area contributed by atoms with Gasteiger partial charge in [0.1, 0.15) is 11.0 Å². The third-order valence-corrected chi connectivity index (χ3v) is 8.16. The summed E-state index contributed by atoms with van der Waals surface area (Å²) < 4.78 is 1.68. The molecule has 0 saturated heterocycles. The fraction of sp³-hybridized carbons (Fsp3) is 0.565. The first-order chi connectivity index (χ1) is 14.3. The van der Waals surface area contributed by atoms with Gasteiger partial charge in [0.2, 0.25) is 0 Å². The van der Waals surface area contributed by atoms with Crippen LogP contribution in [0.3, 0.4) is 0 Å². The van der Waals surface area contributed by atoms with E-state index in [2.05, 4.69) is 52.1 Å². The lowest BCUT2D eigenvalue weighted by Crippen LogP contribution is -2.58. The van der Waals surface area contributed by atoms with Gasteiger partial charge in [0, 0.05) is 24.4 Å². The van der Waals surface area contributed by atoms with E-state index in [0.717, 1.165) is 24.0 Å². The van der Waals surface area contributed by atoms with Crippen LogP contribution in [0.15, 0.2) is 39.9 Å². The van der Waals surface area contributed by atoms with Crippen LogP contribution >= 0.6 is 15.9 Å². The predicted octanol–water partition coefficient (Wildman–Crippen LogP) is 4.09. The SMILES string of the molecule is C[C@H]1[C@H](Nc2cnn(CC(=O)CCc3ccccn3)c(=O)c2Br)C[C@H]2C[C@@H]1C2(C)C. The van der Waals surface area contributed by atoms with Crippen LogP contribution in [-0.4, -0.2) is 26.6 Å². The van der Waals surface area contributed by atoms with E-state index in [-0.39, 0.29) is 17.9 Å². The number of hydrogen-bond acceptors (Lipinski definition) is 5. The summed E-state index contributed by atoms with van der Waals surface area (Å²) in [6.07, 6.45) is 6.70. The molecule has 4 atom stereocenters. The molecule has 2 aromatic rings. The van der Waals surface area contributed by atoms with E-state index < -0.39 is 0 Å². The number of pyridine rings is 1. The maximum atomic E-state index is 12.7. The van der Waals surface area contributed by atoms with E-state index in [0.29, 0.717) is 40.4 Å². The molecule has 6 nitrogen and oxygen atoms in total. The van der Waals surface area contributed by atoms with E-state index in [4.69, 9.17) is 0 Å². The van der Waals surface area contributed by atoms with Gasteiger partial charge in [0.25, 0.3) is 5.56 Å². The third-order valence-electron chi connectivity index (χ3n) is 7.39. The van der Waals surface area contributed by atoms with E-state index in [1.54, 1.807) is 12.4 Å². The summed E-state index contributed by atoms with van der Waals surface area (Å²) >= 11 is 3.44. The highest BCUT2D eigenvalue weighted by Gasteiger charge is 2.56. The van der Waals surface area contributed by atoms with Crippen LogP contribution in [0.5, 0.6) is 0 Å². The first kappa shape index (κ1) is 21.2. The number of aryl methyl sites for hydroxylation is 1. The summed E-state index contributed by atoms with van der Waals surface area (Å²) in [5.74, 6) is 1.97. The van der Waals surface area contributed by atoms with Gasteiger partial charge in [0.05, 0.1) is 11.9 Å². The molecule has 1 N–H and O–H groups in total. The fourth-order valence-electron chi connectivity index (χ4n) is 5.28. The summed E-state index contributed by atoms with van der Waals surface area (Å²) in [6.45, 7) is 7.04. The van der Waals surface area contributed by atoms with Crippen molar-refractivity contribution in [1.29, 1.82) is 0 Å². The molecule has 3 aliphatic rings. The Balaban J connectivity index is 1.39. The number of halogens is 1. The minimum atomic E-state index is -0.278. The van der Waals surface area contributed by atoms with E-state index in [1.165, 1.54) is 11.1 Å². The van der Waals surface area contributed by atoms with Gasteiger partial charge >= 0.3 is 0 Å². The van der Waals surface area contributed by atoms with Crippen molar-refractivity contribution in [3.63, 3.8) is 0 Å². The normalized spacial score (nSPS) is 26.7. The van der Waals surface area contributed by atoms with Gasteiger partial charge < -0.3 is 5.32 Å². The highest BCUT2D eigenvalue weighted by molar-refractivity contribution is 9.10. The average molecular weight is 473 g/mol. The maximum absolute atomic E-state index is 12.7. The average Bonchev–Trinajstić information content (AvgIpc) is 2.73. The monoisotopic (exact) mass is 472 g/mol. The van der Waals surface area contributed by atoms with E-state index in [9.17, 15) is 9.59 Å². The highest BCUT2D eigenvalue weighted by Crippen LogP contribution is 2.61. The smallest absolute Gasteiger partial charge is 0.283 e. The van der Waals surface area contributed by atoms with Gasteiger partial charge in [-0.2, -0.15) is 5.10 Å². The molecule has 0 radical (unpaired) electrons. The molecule has 7 heteroatoms. The van der Waals surface area contributed by atoms with Gasteiger partial charge in [-0.15, -0.1) is 0 Å². The number of ketones is 1. The first-order valence-electron chi connectivity index (χ1n) is 10.7. The molecule has 3 aliphatic carbocycles. The van der Waals surface area contributed by atoms with Crippen LogP contribution < -0.4 is 10.9 Å². The Labute approximate surface area is 185 Å². The molecule has 0 amide bonds. The summed E-state index contributed by atoms with van der Waals surface area (Å²) in [5.41, 5.74) is 1.73. The molecule has 3 fully saturated rings. The zero-order valence-electron chi connectivity index (χ0n) is 17.8. The Hall–Kier alpha value is -2.02. The topological polar surface area (TPSA) is 76.9 Å². The summed E-state index contributed by atoms with van der Waals surface area (Å²) in [7, 11) is 0. The van der Waals surface area contributed by atoms with Crippen molar-refractivity contribution in [2.45, 2.75) is 59.0 Å². The van der Waals surface area contributed by atoms with E-state index >= 15 is 0 Å². The van der Waals surface area contributed by atoms with Gasteiger partial charge in [-0.3, -0.25) is 14.6 Å². The zero-order chi connectivity index (χ0) is 21.5. The van der Waals surface area contributed by atoms with Crippen molar-refractivity contribution in [3.05, 3.63) is 51.1 Å². The number of fused-ring (bicyclic) bond motifs is 2. The van der Waals surface area contributed by atoms with Crippen LogP contribution in [0.1, 0.15) is 45.7 Å². The number of nitrogens with zero attached hydrogens (tertiary/aromatic N) is 3. The molecule has 2 bridgehead atoms. The molecule has 2 aromatic heterocycles. The minimum absolute atomic E-state index is 0.0251. The van der Waals surface area contributed by atoms with Crippen LogP contribution in [0.4, 0.5) is 5.69 Å². The number of nitrogens with one attached hydrogen (secondary N) is 1. The Morgan fingerprint density at radius 2 is 2.13 bits per heavy atom. The standard InChI is InChI=1S/C23H29BrN4O2/c1-14-18-10-15(23(18,2)3)11-19(14)27-20-12-26-28(22(30)21(20)24)13-17(29)8-7-16-6-4-5-9-25-16/h4-6,9,12,14-15,18-19,27H,7-8,10-11,13H2,1-3H3/t14-,15-,18+,19-/m1/s1. The third kappa shape index (κ3) is 3.96. The van der Waals surface area contributed by atoms with Crippen molar-refractivity contribution >= 4 is 27.4 Å². The number of hydrogen-bond donors (Lipinski definition) is 1. The van der Waals surface area contributed by atoms with Crippen LogP contribution in [-0.2, 0) is 17.8 Å². The van der Waals surface area contributed by atoms with Crippen molar-refractivity contribution < 1.29 is 4.79 Å².